The van der Waals surface area contributed by atoms with E-state index in [1.807, 2.05) is 30.3 Å². The van der Waals surface area contributed by atoms with Crippen molar-refractivity contribution in [2.75, 3.05) is 13.2 Å². The summed E-state index contributed by atoms with van der Waals surface area (Å²) in [5.74, 6) is 6.84. The molecule has 0 unspecified atom stereocenters. The maximum atomic E-state index is 12.1. The van der Waals surface area contributed by atoms with Crippen molar-refractivity contribution in [3.05, 3.63) is 36.5 Å². The van der Waals surface area contributed by atoms with Crippen LogP contribution in [0.3, 0.4) is 0 Å². The predicted molar refractivity (Wildman–Crippen MR) is 101 cm³/mol. The summed E-state index contributed by atoms with van der Waals surface area (Å²) in [6.45, 7) is 4.87. The van der Waals surface area contributed by atoms with Gasteiger partial charge in [-0.05, 0) is 31.0 Å². The maximum Gasteiger partial charge on any atom is 0.223 e. The molecule has 0 atom stereocenters. The van der Waals surface area contributed by atoms with E-state index in [4.69, 9.17) is 4.74 Å². The first kappa shape index (κ1) is 18.8. The Hall–Kier alpha value is -2.54. The minimum Gasteiger partial charge on any atom is -0.481 e. The van der Waals surface area contributed by atoms with Crippen LogP contribution in [0.2, 0.25) is 0 Å². The number of aromatic nitrogens is 1. The minimum atomic E-state index is 0.109. The van der Waals surface area contributed by atoms with Crippen LogP contribution < -0.4 is 10.1 Å². The molecular weight excluding hydrogens is 312 g/mol. The molecule has 0 aliphatic heterocycles. The first-order valence-electron chi connectivity index (χ1n) is 8.95. The number of ether oxygens (including phenoxy) is 1. The van der Waals surface area contributed by atoms with E-state index < -0.39 is 0 Å². The van der Waals surface area contributed by atoms with Crippen molar-refractivity contribution in [3.8, 4) is 17.6 Å². The van der Waals surface area contributed by atoms with Crippen molar-refractivity contribution < 1.29 is 9.53 Å². The van der Waals surface area contributed by atoms with Gasteiger partial charge in [0.05, 0.1) is 12.1 Å². The van der Waals surface area contributed by atoms with E-state index in [9.17, 15) is 4.79 Å². The number of carbonyl (C=O) groups excluding carboxylic acids is 1. The normalized spacial score (nSPS) is 10.4. The number of rotatable bonds is 8. The number of pyridine rings is 1. The molecule has 132 valence electrons. The fourth-order valence-electron chi connectivity index (χ4n) is 2.75. The summed E-state index contributed by atoms with van der Waals surface area (Å²) < 4.78 is 5.62. The van der Waals surface area contributed by atoms with Crippen molar-refractivity contribution in [1.82, 2.24) is 10.3 Å². The molecule has 1 heterocycles. The third-order valence-electron chi connectivity index (χ3n) is 4.01. The first-order valence-corrected chi connectivity index (χ1v) is 8.95. The van der Waals surface area contributed by atoms with Crippen molar-refractivity contribution in [2.45, 2.75) is 39.5 Å². The molecule has 0 aliphatic carbocycles. The highest BCUT2D eigenvalue weighted by Crippen LogP contribution is 2.18. The Balaban J connectivity index is 1.75. The molecule has 0 fully saturated rings. The van der Waals surface area contributed by atoms with Crippen LogP contribution in [-0.2, 0) is 4.79 Å². The zero-order chi connectivity index (χ0) is 17.9. The average Bonchev–Trinajstić information content (AvgIpc) is 2.64. The standard InChI is InChI=1S/C21H26N2O2/c1-3-8-18(9-4-2)21(24)23-13-5-6-15-25-19-12-11-17-10-7-14-22-20(17)16-19/h7,10-12,14,16,18H,3-4,8-9,13,15H2,1-2H3,(H,23,24). The molecule has 4 nitrogen and oxygen atoms in total. The van der Waals surface area contributed by atoms with Crippen LogP contribution in [0.5, 0.6) is 5.75 Å². The Morgan fingerprint density at radius 3 is 2.76 bits per heavy atom. The molecule has 1 N–H and O–H groups in total. The monoisotopic (exact) mass is 338 g/mol. The zero-order valence-corrected chi connectivity index (χ0v) is 15.0. The lowest BCUT2D eigenvalue weighted by Crippen LogP contribution is -2.31. The molecule has 1 aromatic heterocycles. The van der Waals surface area contributed by atoms with Crippen LogP contribution in [0.4, 0.5) is 0 Å². The van der Waals surface area contributed by atoms with Crippen molar-refractivity contribution in [3.63, 3.8) is 0 Å². The van der Waals surface area contributed by atoms with Crippen molar-refractivity contribution in [1.29, 1.82) is 0 Å². The molecular formula is C21H26N2O2. The highest BCUT2D eigenvalue weighted by Gasteiger charge is 2.15. The second-order valence-electron chi connectivity index (χ2n) is 5.99. The van der Waals surface area contributed by atoms with Gasteiger partial charge in [-0.3, -0.25) is 9.78 Å². The van der Waals surface area contributed by atoms with E-state index in [2.05, 4.69) is 36.0 Å². The first-order chi connectivity index (χ1) is 12.2. The summed E-state index contributed by atoms with van der Waals surface area (Å²) in [6.07, 6.45) is 5.69. The number of benzene rings is 1. The maximum absolute atomic E-state index is 12.1. The molecule has 1 aromatic carbocycles. The van der Waals surface area contributed by atoms with Gasteiger partial charge in [-0.1, -0.05) is 44.6 Å². The number of nitrogens with one attached hydrogen (secondary N) is 1. The summed E-state index contributed by atoms with van der Waals surface area (Å²) >= 11 is 0. The fourth-order valence-corrected chi connectivity index (χ4v) is 2.75. The number of carbonyl (C=O) groups is 1. The lowest BCUT2D eigenvalue weighted by atomic mass is 9.97. The minimum absolute atomic E-state index is 0.109. The lowest BCUT2D eigenvalue weighted by molar-refractivity contribution is -0.125. The molecule has 0 bridgehead atoms. The van der Waals surface area contributed by atoms with Gasteiger partial charge in [0.1, 0.15) is 12.4 Å². The molecule has 25 heavy (non-hydrogen) atoms. The molecule has 1 amide bonds. The quantitative estimate of drug-likeness (QED) is 0.742. The molecule has 2 aromatic rings. The van der Waals surface area contributed by atoms with Gasteiger partial charge in [0.2, 0.25) is 5.91 Å². The Morgan fingerprint density at radius 1 is 1.20 bits per heavy atom. The Morgan fingerprint density at radius 2 is 2.00 bits per heavy atom. The second kappa shape index (κ2) is 10.4. The number of hydrogen-bond acceptors (Lipinski definition) is 3. The average molecular weight is 338 g/mol. The van der Waals surface area contributed by atoms with Gasteiger partial charge < -0.3 is 10.1 Å². The number of fused-ring (bicyclic) bond motifs is 1. The molecule has 2 rings (SSSR count). The lowest BCUT2D eigenvalue weighted by Gasteiger charge is -2.13. The molecule has 0 radical (unpaired) electrons. The van der Waals surface area contributed by atoms with E-state index in [1.54, 1.807) is 6.20 Å². The number of hydrogen-bond donors (Lipinski definition) is 1. The van der Waals surface area contributed by atoms with E-state index in [-0.39, 0.29) is 11.8 Å². The predicted octanol–water partition coefficient (Wildman–Crippen LogP) is 3.95. The smallest absolute Gasteiger partial charge is 0.223 e. The molecule has 0 spiro atoms. The number of amides is 1. The van der Waals surface area contributed by atoms with Gasteiger partial charge in [0, 0.05) is 23.6 Å². The van der Waals surface area contributed by atoms with Crippen LogP contribution >= 0.6 is 0 Å². The van der Waals surface area contributed by atoms with Crippen LogP contribution in [0.25, 0.3) is 10.9 Å². The van der Waals surface area contributed by atoms with Crippen LogP contribution in [0.15, 0.2) is 36.5 Å². The summed E-state index contributed by atoms with van der Waals surface area (Å²) in [5, 5.41) is 3.98. The van der Waals surface area contributed by atoms with Gasteiger partial charge in [-0.15, -0.1) is 0 Å². The Bertz CT molecular complexity index is 740. The SMILES string of the molecule is CCCC(CCC)C(=O)NCC#CCOc1ccc2cccnc2c1. The van der Waals surface area contributed by atoms with Gasteiger partial charge in [0.25, 0.3) is 0 Å². The van der Waals surface area contributed by atoms with E-state index >= 15 is 0 Å². The highest BCUT2D eigenvalue weighted by molar-refractivity contribution is 5.79. The summed E-state index contributed by atoms with van der Waals surface area (Å²) in [5.41, 5.74) is 0.901. The van der Waals surface area contributed by atoms with E-state index in [1.165, 1.54) is 0 Å². The van der Waals surface area contributed by atoms with Crippen LogP contribution in [0, 0.1) is 17.8 Å². The summed E-state index contributed by atoms with van der Waals surface area (Å²) in [7, 11) is 0. The van der Waals surface area contributed by atoms with Crippen molar-refractivity contribution in [2.24, 2.45) is 5.92 Å². The summed E-state index contributed by atoms with van der Waals surface area (Å²) in [4.78, 5) is 16.4. The second-order valence-corrected chi connectivity index (χ2v) is 5.99. The van der Waals surface area contributed by atoms with Gasteiger partial charge >= 0.3 is 0 Å². The van der Waals surface area contributed by atoms with Gasteiger partial charge in [0.15, 0.2) is 0 Å². The van der Waals surface area contributed by atoms with Crippen LogP contribution in [-0.4, -0.2) is 24.0 Å². The Labute approximate surface area is 150 Å². The van der Waals surface area contributed by atoms with E-state index in [0.717, 1.165) is 42.3 Å². The van der Waals surface area contributed by atoms with Crippen LogP contribution in [0.1, 0.15) is 39.5 Å². The zero-order valence-electron chi connectivity index (χ0n) is 15.0. The molecule has 0 aliphatic rings. The highest BCUT2D eigenvalue weighted by atomic mass is 16.5. The Kier molecular flexibility index (Phi) is 7.78. The third-order valence-corrected chi connectivity index (χ3v) is 4.01. The summed E-state index contributed by atoms with van der Waals surface area (Å²) in [6, 6.07) is 9.71. The van der Waals surface area contributed by atoms with Crippen molar-refractivity contribution >= 4 is 16.8 Å². The van der Waals surface area contributed by atoms with Gasteiger partial charge in [-0.25, -0.2) is 0 Å². The number of nitrogens with zero attached hydrogens (tertiary/aromatic N) is 1. The molecule has 4 heteroatoms. The molecule has 0 saturated carbocycles. The van der Waals surface area contributed by atoms with Gasteiger partial charge in [-0.2, -0.15) is 0 Å². The molecule has 0 saturated heterocycles. The topological polar surface area (TPSA) is 51.2 Å². The van der Waals surface area contributed by atoms with E-state index in [0.29, 0.717) is 13.2 Å². The third kappa shape index (κ3) is 6.11. The fraction of sp³-hybridized carbons (Fsp3) is 0.429. The largest absolute Gasteiger partial charge is 0.481 e.